The predicted octanol–water partition coefficient (Wildman–Crippen LogP) is 6.15. The third-order valence-corrected chi connectivity index (χ3v) is 5.59. The Morgan fingerprint density at radius 1 is 0.519 bits per heavy atom. The predicted molar refractivity (Wildman–Crippen MR) is 109 cm³/mol. The van der Waals surface area contributed by atoms with Crippen LogP contribution in [0, 0.1) is 0 Å². The summed E-state index contributed by atoms with van der Waals surface area (Å²) in [5.74, 6) is 0. The smallest absolute Gasteiger partial charge is 0.129 e. The molecule has 0 spiro atoms. The quantitative estimate of drug-likeness (QED) is 0.339. The van der Waals surface area contributed by atoms with Gasteiger partial charge in [0.1, 0.15) is 10.3 Å². The van der Waals surface area contributed by atoms with Gasteiger partial charge in [-0.05, 0) is 34.4 Å². The highest BCUT2D eigenvalue weighted by molar-refractivity contribution is 6.30. The van der Waals surface area contributed by atoms with Crippen LogP contribution in [0.4, 0.5) is 0 Å². The number of hydrogen-bond donors (Lipinski definition) is 0. The molecule has 0 saturated carbocycles. The van der Waals surface area contributed by atoms with Gasteiger partial charge in [-0.15, -0.1) is 0 Å². The Bertz CT molecular complexity index is 1050. The molecule has 4 aromatic rings. The average molecular weight is 389 g/mol. The summed E-state index contributed by atoms with van der Waals surface area (Å²) in [7, 11) is 0. The Morgan fingerprint density at radius 2 is 0.926 bits per heavy atom. The number of rotatable bonds is 2. The molecule has 2 aromatic heterocycles. The number of fused-ring (bicyclic) bond motifs is 3. The summed E-state index contributed by atoms with van der Waals surface area (Å²) in [6.45, 7) is 0. The van der Waals surface area contributed by atoms with Crippen molar-refractivity contribution in [3.05, 3.63) is 117 Å². The number of hydrogen-bond acceptors (Lipinski definition) is 2. The number of nitrogens with zero attached hydrogens (tertiary/aromatic N) is 2. The third-order valence-electron chi connectivity index (χ3n) is 5.17. The first-order valence-corrected chi connectivity index (χ1v) is 9.42. The molecule has 0 unspecified atom stereocenters. The van der Waals surface area contributed by atoms with Gasteiger partial charge in [0.25, 0.3) is 0 Å². The van der Waals surface area contributed by atoms with Crippen LogP contribution in [0.5, 0.6) is 0 Å². The Balaban J connectivity index is 1.98. The molecule has 4 heteroatoms. The van der Waals surface area contributed by atoms with Crippen LogP contribution in [-0.4, -0.2) is 9.97 Å². The van der Waals surface area contributed by atoms with E-state index < -0.39 is 5.41 Å². The van der Waals surface area contributed by atoms with Gasteiger partial charge in [0, 0.05) is 0 Å². The van der Waals surface area contributed by atoms with E-state index in [4.69, 9.17) is 23.2 Å². The van der Waals surface area contributed by atoms with Crippen molar-refractivity contribution in [1.82, 2.24) is 9.97 Å². The summed E-state index contributed by atoms with van der Waals surface area (Å²) >= 11 is 12.5. The van der Waals surface area contributed by atoms with E-state index in [1.165, 1.54) is 0 Å². The van der Waals surface area contributed by atoms with Gasteiger partial charge in [-0.3, -0.25) is 0 Å². The van der Waals surface area contributed by atoms with Gasteiger partial charge in [-0.2, -0.15) is 0 Å². The van der Waals surface area contributed by atoms with Crippen molar-refractivity contribution in [1.29, 1.82) is 0 Å². The van der Waals surface area contributed by atoms with E-state index in [2.05, 4.69) is 70.6 Å². The highest BCUT2D eigenvalue weighted by Crippen LogP contribution is 2.55. The summed E-state index contributed by atoms with van der Waals surface area (Å²) in [6, 6.07) is 28.7. The van der Waals surface area contributed by atoms with Crippen LogP contribution in [0.15, 0.2) is 84.9 Å². The molecule has 27 heavy (non-hydrogen) atoms. The maximum atomic E-state index is 6.24. The van der Waals surface area contributed by atoms with Crippen molar-refractivity contribution in [2.75, 3.05) is 0 Å². The molecule has 0 bridgehead atoms. The van der Waals surface area contributed by atoms with Gasteiger partial charge in [-0.1, -0.05) is 96.0 Å². The molecule has 5 rings (SSSR count). The van der Waals surface area contributed by atoms with Crippen LogP contribution < -0.4 is 0 Å². The molecule has 0 fully saturated rings. The van der Waals surface area contributed by atoms with Crippen molar-refractivity contribution in [3.8, 4) is 11.4 Å². The van der Waals surface area contributed by atoms with E-state index in [0.29, 0.717) is 10.3 Å². The molecule has 2 heterocycles. The summed E-state index contributed by atoms with van der Waals surface area (Å²) in [4.78, 5) is 9.25. The second-order valence-corrected chi connectivity index (χ2v) is 7.32. The van der Waals surface area contributed by atoms with Crippen LogP contribution in [-0.2, 0) is 5.41 Å². The lowest BCUT2D eigenvalue weighted by molar-refractivity contribution is 0.764. The third kappa shape index (κ3) is 2.34. The summed E-state index contributed by atoms with van der Waals surface area (Å²) < 4.78 is 0. The fraction of sp³-hybridized carbons (Fsp3) is 0.0435. The molecule has 1 aliphatic rings. The standard InChI is InChI=1S/C23H14Cl2N2/c24-19-13-11-17-21(26-19)22-18(12-14-20(25)27-22)23(17,15-7-3-1-4-8-15)16-9-5-2-6-10-16/h1-14H. The lowest BCUT2D eigenvalue weighted by Gasteiger charge is -2.33. The first kappa shape index (κ1) is 16.5. The molecular formula is C23H14Cl2N2. The molecule has 0 N–H and O–H groups in total. The van der Waals surface area contributed by atoms with Crippen molar-refractivity contribution < 1.29 is 0 Å². The number of benzene rings is 2. The highest BCUT2D eigenvalue weighted by atomic mass is 35.5. The van der Waals surface area contributed by atoms with E-state index in [0.717, 1.165) is 33.6 Å². The second kappa shape index (κ2) is 6.19. The summed E-state index contributed by atoms with van der Waals surface area (Å²) in [5.41, 5.74) is 5.50. The fourth-order valence-electron chi connectivity index (χ4n) is 4.15. The lowest BCUT2D eigenvalue weighted by Crippen LogP contribution is -2.28. The minimum absolute atomic E-state index is 0.443. The normalized spacial score (nSPS) is 13.9. The molecule has 1 aliphatic carbocycles. The SMILES string of the molecule is Clc1ccc2c(n1)-c1nc(Cl)ccc1C2(c1ccccc1)c1ccccc1. The molecular weight excluding hydrogens is 375 g/mol. The van der Waals surface area contributed by atoms with Gasteiger partial charge in [0.15, 0.2) is 0 Å². The monoisotopic (exact) mass is 388 g/mol. The van der Waals surface area contributed by atoms with E-state index in [1.54, 1.807) is 0 Å². The zero-order valence-corrected chi connectivity index (χ0v) is 15.7. The van der Waals surface area contributed by atoms with E-state index in [9.17, 15) is 0 Å². The van der Waals surface area contributed by atoms with Gasteiger partial charge in [-0.25, -0.2) is 9.97 Å². The molecule has 0 radical (unpaired) electrons. The fourth-order valence-corrected chi connectivity index (χ4v) is 4.44. The maximum Gasteiger partial charge on any atom is 0.129 e. The van der Waals surface area contributed by atoms with Crippen molar-refractivity contribution in [3.63, 3.8) is 0 Å². The molecule has 0 atom stereocenters. The van der Waals surface area contributed by atoms with Crippen LogP contribution >= 0.6 is 23.2 Å². The average Bonchev–Trinajstić information content (AvgIpc) is 2.99. The van der Waals surface area contributed by atoms with Crippen LogP contribution in [0.1, 0.15) is 22.3 Å². The van der Waals surface area contributed by atoms with E-state index >= 15 is 0 Å². The van der Waals surface area contributed by atoms with Gasteiger partial charge >= 0.3 is 0 Å². The molecule has 2 nitrogen and oxygen atoms in total. The zero-order valence-electron chi connectivity index (χ0n) is 14.2. The Kier molecular flexibility index (Phi) is 3.78. The largest absolute Gasteiger partial charge is 0.234 e. The summed E-state index contributed by atoms with van der Waals surface area (Å²) in [6.07, 6.45) is 0. The number of pyridine rings is 2. The molecule has 130 valence electrons. The minimum atomic E-state index is -0.512. The van der Waals surface area contributed by atoms with Crippen molar-refractivity contribution >= 4 is 23.2 Å². The van der Waals surface area contributed by atoms with Gasteiger partial charge in [0.2, 0.25) is 0 Å². The topological polar surface area (TPSA) is 25.8 Å². The molecule has 2 aromatic carbocycles. The Morgan fingerprint density at radius 3 is 1.33 bits per heavy atom. The number of halogens is 2. The second-order valence-electron chi connectivity index (χ2n) is 6.54. The maximum absolute atomic E-state index is 6.24. The minimum Gasteiger partial charge on any atom is -0.234 e. The summed E-state index contributed by atoms with van der Waals surface area (Å²) in [5, 5.41) is 0.886. The first-order valence-electron chi connectivity index (χ1n) is 8.67. The Hall–Kier alpha value is -2.68. The van der Waals surface area contributed by atoms with Gasteiger partial charge in [0.05, 0.1) is 16.8 Å². The van der Waals surface area contributed by atoms with Crippen LogP contribution in [0.2, 0.25) is 10.3 Å². The highest BCUT2D eigenvalue weighted by Gasteiger charge is 2.47. The van der Waals surface area contributed by atoms with Crippen LogP contribution in [0.25, 0.3) is 11.4 Å². The molecule has 0 amide bonds. The first-order chi connectivity index (χ1) is 13.2. The zero-order chi connectivity index (χ0) is 18.4. The number of aromatic nitrogens is 2. The lowest BCUT2D eigenvalue weighted by atomic mass is 9.68. The van der Waals surface area contributed by atoms with Crippen molar-refractivity contribution in [2.24, 2.45) is 0 Å². The van der Waals surface area contributed by atoms with Crippen molar-refractivity contribution in [2.45, 2.75) is 5.41 Å². The van der Waals surface area contributed by atoms with Gasteiger partial charge < -0.3 is 0 Å². The van der Waals surface area contributed by atoms with Crippen LogP contribution in [0.3, 0.4) is 0 Å². The van der Waals surface area contributed by atoms with E-state index in [-0.39, 0.29) is 0 Å². The Labute approximate surface area is 167 Å². The van der Waals surface area contributed by atoms with E-state index in [1.807, 2.05) is 24.3 Å². The molecule has 0 saturated heterocycles. The molecule has 0 aliphatic heterocycles.